The molecule has 2 heterocycles. The summed E-state index contributed by atoms with van der Waals surface area (Å²) >= 11 is 0. The van der Waals surface area contributed by atoms with Gasteiger partial charge in [0, 0.05) is 13.1 Å². The highest BCUT2D eigenvalue weighted by atomic mass is 16.5. The van der Waals surface area contributed by atoms with Gasteiger partial charge < -0.3 is 19.5 Å². The molecule has 1 saturated heterocycles. The van der Waals surface area contributed by atoms with Crippen molar-refractivity contribution in [2.45, 2.75) is 25.9 Å². The van der Waals surface area contributed by atoms with Gasteiger partial charge in [-0.3, -0.25) is 9.59 Å². The van der Waals surface area contributed by atoms with E-state index in [1.807, 2.05) is 39.8 Å². The number of hydrogen-bond donors (Lipinski definition) is 1. The first-order valence-electron chi connectivity index (χ1n) is 9.80. The number of carbonyl (C=O) groups excluding carboxylic acids is 2. The maximum atomic E-state index is 12.7. The van der Waals surface area contributed by atoms with Gasteiger partial charge >= 0.3 is 0 Å². The highest BCUT2D eigenvalue weighted by Gasteiger charge is 2.21. The number of nitrogens with zero attached hydrogens (tertiary/aromatic N) is 3. The van der Waals surface area contributed by atoms with Gasteiger partial charge in [0.2, 0.25) is 5.91 Å². The Morgan fingerprint density at radius 2 is 1.79 bits per heavy atom. The van der Waals surface area contributed by atoms with E-state index in [9.17, 15) is 9.59 Å². The molecule has 4 rings (SSSR count). The predicted octanol–water partition coefficient (Wildman–Crippen LogP) is 2.60. The van der Waals surface area contributed by atoms with E-state index in [4.69, 9.17) is 4.74 Å². The fourth-order valence-corrected chi connectivity index (χ4v) is 3.73. The van der Waals surface area contributed by atoms with Gasteiger partial charge in [0.1, 0.15) is 18.1 Å². The number of fused-ring (bicyclic) bond motifs is 1. The molecule has 7 heteroatoms. The molecule has 0 bridgehead atoms. The van der Waals surface area contributed by atoms with E-state index >= 15 is 0 Å². The molecule has 1 fully saturated rings. The fraction of sp³-hybridized carbons (Fsp3) is 0.318. The molecule has 2 amide bonds. The summed E-state index contributed by atoms with van der Waals surface area (Å²) in [6, 6.07) is 14.8. The molecule has 29 heavy (non-hydrogen) atoms. The topological polar surface area (TPSA) is 76.5 Å². The van der Waals surface area contributed by atoms with Crippen molar-refractivity contribution in [3.63, 3.8) is 0 Å². The average Bonchev–Trinajstić information content (AvgIpc) is 3.41. The predicted molar refractivity (Wildman–Crippen MR) is 110 cm³/mol. The van der Waals surface area contributed by atoms with Crippen molar-refractivity contribution in [3.05, 3.63) is 59.9 Å². The molecule has 3 aromatic rings. The lowest BCUT2D eigenvalue weighted by atomic mass is 10.2. The molecule has 7 nitrogen and oxygen atoms in total. The van der Waals surface area contributed by atoms with Crippen LogP contribution >= 0.6 is 0 Å². The zero-order valence-corrected chi connectivity index (χ0v) is 16.4. The van der Waals surface area contributed by atoms with E-state index in [0.29, 0.717) is 17.1 Å². The monoisotopic (exact) mass is 392 g/mol. The number of nitrogens with one attached hydrogen (secondary N) is 1. The van der Waals surface area contributed by atoms with E-state index in [1.54, 1.807) is 18.2 Å². The first kappa shape index (κ1) is 19.0. The van der Waals surface area contributed by atoms with Gasteiger partial charge in [0.25, 0.3) is 5.91 Å². The van der Waals surface area contributed by atoms with Crippen LogP contribution in [0.25, 0.3) is 11.0 Å². The molecule has 1 N–H and O–H groups in total. The van der Waals surface area contributed by atoms with Gasteiger partial charge in [0.15, 0.2) is 0 Å². The summed E-state index contributed by atoms with van der Waals surface area (Å²) in [7, 11) is 1.54. The normalized spacial score (nSPS) is 13.6. The van der Waals surface area contributed by atoms with Gasteiger partial charge in [-0.2, -0.15) is 0 Å². The van der Waals surface area contributed by atoms with Crippen molar-refractivity contribution in [3.8, 4) is 5.75 Å². The molecule has 1 aliphatic rings. The molecule has 1 aromatic heterocycles. The summed E-state index contributed by atoms with van der Waals surface area (Å²) in [5.74, 6) is 1.01. The number of amides is 2. The van der Waals surface area contributed by atoms with Crippen LogP contribution in [0.4, 0.5) is 0 Å². The van der Waals surface area contributed by atoms with Crippen LogP contribution in [0.1, 0.15) is 29.0 Å². The van der Waals surface area contributed by atoms with Gasteiger partial charge in [-0.05, 0) is 37.1 Å². The van der Waals surface area contributed by atoms with Crippen molar-refractivity contribution in [2.75, 3.05) is 20.2 Å². The minimum Gasteiger partial charge on any atom is -0.496 e. The lowest BCUT2D eigenvalue weighted by molar-refractivity contribution is -0.130. The number of aromatic nitrogens is 2. The third kappa shape index (κ3) is 3.94. The molecule has 0 saturated carbocycles. The Morgan fingerprint density at radius 1 is 1.07 bits per heavy atom. The van der Waals surface area contributed by atoms with E-state index < -0.39 is 0 Å². The number of benzene rings is 2. The summed E-state index contributed by atoms with van der Waals surface area (Å²) in [5, 5.41) is 2.91. The van der Waals surface area contributed by atoms with Crippen molar-refractivity contribution in [2.24, 2.45) is 0 Å². The Kier molecular flexibility index (Phi) is 5.46. The second kappa shape index (κ2) is 8.34. The maximum Gasteiger partial charge on any atom is 0.255 e. The second-order valence-corrected chi connectivity index (χ2v) is 7.07. The number of para-hydroxylation sites is 3. The summed E-state index contributed by atoms with van der Waals surface area (Å²) in [6.45, 7) is 2.07. The SMILES string of the molecule is COc1ccccc1C(=O)NCc1nc2ccccc2n1CC(=O)N1CCCC1. The highest BCUT2D eigenvalue weighted by Crippen LogP contribution is 2.19. The molecular weight excluding hydrogens is 368 g/mol. The summed E-state index contributed by atoms with van der Waals surface area (Å²) in [4.78, 5) is 31.9. The second-order valence-electron chi connectivity index (χ2n) is 7.07. The van der Waals surface area contributed by atoms with Crippen LogP contribution in [0.2, 0.25) is 0 Å². The zero-order valence-electron chi connectivity index (χ0n) is 16.4. The molecular formula is C22H24N4O3. The summed E-state index contributed by atoms with van der Waals surface area (Å²) in [6.07, 6.45) is 2.11. The molecule has 1 aliphatic heterocycles. The van der Waals surface area contributed by atoms with Crippen LogP contribution in [0, 0.1) is 0 Å². The number of likely N-dealkylation sites (tertiary alicyclic amines) is 1. The lowest BCUT2D eigenvalue weighted by Crippen LogP contribution is -2.32. The average molecular weight is 392 g/mol. The number of carbonyl (C=O) groups is 2. The summed E-state index contributed by atoms with van der Waals surface area (Å²) < 4.78 is 7.17. The van der Waals surface area contributed by atoms with Gasteiger partial charge in [-0.25, -0.2) is 4.98 Å². The van der Waals surface area contributed by atoms with Crippen LogP contribution < -0.4 is 10.1 Å². The van der Waals surface area contributed by atoms with Gasteiger partial charge in [0.05, 0.1) is 30.3 Å². The van der Waals surface area contributed by atoms with Crippen molar-refractivity contribution >= 4 is 22.8 Å². The minimum absolute atomic E-state index is 0.0861. The van der Waals surface area contributed by atoms with E-state index in [-0.39, 0.29) is 24.9 Å². The van der Waals surface area contributed by atoms with E-state index in [1.165, 1.54) is 7.11 Å². The van der Waals surface area contributed by atoms with E-state index in [0.717, 1.165) is 37.0 Å². The molecule has 0 aliphatic carbocycles. The lowest BCUT2D eigenvalue weighted by Gasteiger charge is -2.17. The van der Waals surface area contributed by atoms with Crippen LogP contribution in [-0.2, 0) is 17.9 Å². The zero-order chi connectivity index (χ0) is 20.2. The largest absolute Gasteiger partial charge is 0.496 e. The molecule has 0 atom stereocenters. The van der Waals surface area contributed by atoms with Crippen LogP contribution in [0.3, 0.4) is 0 Å². The molecule has 150 valence electrons. The number of imidazole rings is 1. The van der Waals surface area contributed by atoms with Crippen molar-refractivity contribution in [1.29, 1.82) is 0 Å². The third-order valence-electron chi connectivity index (χ3n) is 5.24. The smallest absolute Gasteiger partial charge is 0.255 e. The van der Waals surface area contributed by atoms with Crippen LogP contribution in [0.15, 0.2) is 48.5 Å². The van der Waals surface area contributed by atoms with Gasteiger partial charge in [-0.15, -0.1) is 0 Å². The van der Waals surface area contributed by atoms with Crippen LogP contribution in [0.5, 0.6) is 5.75 Å². The number of rotatable bonds is 6. The molecule has 2 aromatic carbocycles. The number of methoxy groups -OCH3 is 1. The standard InChI is InChI=1S/C22H24N4O3/c1-29-19-11-5-2-8-16(19)22(28)23-14-20-24-17-9-3-4-10-18(17)26(20)15-21(27)25-12-6-7-13-25/h2-5,8-11H,6-7,12-15H2,1H3,(H,23,28). The minimum atomic E-state index is -0.244. The highest BCUT2D eigenvalue weighted by molar-refractivity contribution is 5.96. The van der Waals surface area contributed by atoms with Crippen molar-refractivity contribution < 1.29 is 14.3 Å². The van der Waals surface area contributed by atoms with Crippen molar-refractivity contribution in [1.82, 2.24) is 19.8 Å². The van der Waals surface area contributed by atoms with E-state index in [2.05, 4.69) is 10.3 Å². The Morgan fingerprint density at radius 3 is 2.59 bits per heavy atom. The Hall–Kier alpha value is -3.35. The Balaban J connectivity index is 1.56. The summed E-state index contributed by atoms with van der Waals surface area (Å²) in [5.41, 5.74) is 2.16. The van der Waals surface area contributed by atoms with Gasteiger partial charge in [-0.1, -0.05) is 24.3 Å². The first-order chi connectivity index (χ1) is 14.2. The number of ether oxygens (including phenoxy) is 1. The first-order valence-corrected chi connectivity index (χ1v) is 9.80. The maximum absolute atomic E-state index is 12.7. The molecule has 0 unspecified atom stereocenters. The molecule has 0 radical (unpaired) electrons. The Labute approximate surface area is 169 Å². The third-order valence-corrected chi connectivity index (χ3v) is 5.24. The Bertz CT molecular complexity index is 1040. The number of hydrogen-bond acceptors (Lipinski definition) is 4. The molecule has 0 spiro atoms. The fourth-order valence-electron chi connectivity index (χ4n) is 3.73. The van der Waals surface area contributed by atoms with Crippen LogP contribution in [-0.4, -0.2) is 46.5 Å². The quantitative estimate of drug-likeness (QED) is 0.700.